The summed E-state index contributed by atoms with van der Waals surface area (Å²) >= 11 is 1.73. The Kier molecular flexibility index (Phi) is 6.28. The highest BCUT2D eigenvalue weighted by molar-refractivity contribution is 7.54. The highest BCUT2D eigenvalue weighted by Crippen LogP contribution is 2.59. The molecule has 2 aromatic carbocycles. The Bertz CT molecular complexity index is 897. The van der Waals surface area contributed by atoms with Gasteiger partial charge in [-0.15, -0.1) is 11.3 Å². The molecule has 0 aliphatic heterocycles. The fraction of sp³-hybridized carbons (Fsp3) is 0.300. The topological polar surface area (TPSA) is 55.8 Å². The minimum absolute atomic E-state index is 0.219. The summed E-state index contributed by atoms with van der Waals surface area (Å²) in [6.07, 6.45) is 0.870. The van der Waals surface area contributed by atoms with E-state index in [0.29, 0.717) is 5.56 Å². The van der Waals surface area contributed by atoms with Crippen molar-refractivity contribution in [3.8, 4) is 0 Å². The molecule has 0 spiro atoms. The molecular weight excluding hydrogens is 367 g/mol. The van der Waals surface area contributed by atoms with Gasteiger partial charge in [0.15, 0.2) is 5.85 Å². The van der Waals surface area contributed by atoms with Gasteiger partial charge < -0.3 is 14.2 Å². The summed E-state index contributed by atoms with van der Waals surface area (Å²) in [5.41, 5.74) is 1.81. The fourth-order valence-corrected chi connectivity index (χ4v) is 5.56. The number of benzene rings is 2. The molecule has 0 saturated heterocycles. The van der Waals surface area contributed by atoms with E-state index in [1.807, 2.05) is 30.3 Å². The Morgan fingerprint density at radius 3 is 2.38 bits per heavy atom. The summed E-state index contributed by atoms with van der Waals surface area (Å²) in [6, 6.07) is 18.0. The van der Waals surface area contributed by atoms with E-state index in [0.717, 1.165) is 16.5 Å². The zero-order valence-electron chi connectivity index (χ0n) is 14.9. The summed E-state index contributed by atoms with van der Waals surface area (Å²) in [7, 11) is -3.60. The summed E-state index contributed by atoms with van der Waals surface area (Å²) in [6.45, 7) is 3.90. The quantitative estimate of drug-likeness (QED) is 0.498. The van der Waals surface area contributed by atoms with Crippen molar-refractivity contribution in [1.29, 1.82) is 0 Å². The predicted octanol–water partition coefficient (Wildman–Crippen LogP) is 5.75. The largest absolute Gasteiger partial charge is 0.376 e. The Morgan fingerprint density at radius 2 is 1.73 bits per heavy atom. The number of hydrogen-bond donors (Lipinski definition) is 1. The number of rotatable bonds is 8. The summed E-state index contributed by atoms with van der Waals surface area (Å²) in [5.74, 6) is -1.29. The zero-order chi connectivity index (χ0) is 18.6. The van der Waals surface area contributed by atoms with Crippen LogP contribution >= 0.6 is 18.9 Å². The lowest BCUT2D eigenvalue weighted by molar-refractivity contribution is 0.150. The van der Waals surface area contributed by atoms with Crippen LogP contribution in [0, 0.1) is 0 Å². The van der Waals surface area contributed by atoms with Gasteiger partial charge in [0.1, 0.15) is 0 Å². The first-order chi connectivity index (χ1) is 12.6. The van der Waals surface area contributed by atoms with Gasteiger partial charge >= 0.3 is 7.60 Å². The Hall–Kier alpha value is -1.49. The highest BCUT2D eigenvalue weighted by Gasteiger charge is 2.35. The first-order valence-corrected chi connectivity index (χ1v) is 11.1. The average Bonchev–Trinajstić information content (AvgIpc) is 3.03. The van der Waals surface area contributed by atoms with Crippen molar-refractivity contribution in [3.63, 3.8) is 0 Å². The minimum atomic E-state index is -3.60. The van der Waals surface area contributed by atoms with E-state index in [9.17, 15) is 9.67 Å². The molecule has 0 aliphatic carbocycles. The van der Waals surface area contributed by atoms with E-state index in [1.165, 1.54) is 10.4 Å². The lowest BCUT2D eigenvalue weighted by Gasteiger charge is -2.22. The molecule has 1 heterocycles. The van der Waals surface area contributed by atoms with E-state index in [2.05, 4.69) is 18.2 Å². The van der Waals surface area contributed by atoms with Crippen molar-refractivity contribution in [3.05, 3.63) is 70.6 Å². The molecule has 1 N–H and O–H groups in total. The van der Waals surface area contributed by atoms with Crippen LogP contribution in [0.5, 0.6) is 0 Å². The normalized spacial score (nSPS) is 13.2. The Balaban J connectivity index is 1.87. The molecule has 0 saturated carbocycles. The maximum absolute atomic E-state index is 12.8. The molecule has 0 bridgehead atoms. The molecule has 6 heteroatoms. The van der Waals surface area contributed by atoms with Crippen LogP contribution in [-0.4, -0.2) is 18.3 Å². The van der Waals surface area contributed by atoms with Crippen molar-refractivity contribution >= 4 is 29.0 Å². The van der Waals surface area contributed by atoms with Crippen LogP contribution in [0.3, 0.4) is 0 Å². The lowest BCUT2D eigenvalue weighted by Crippen LogP contribution is -2.06. The summed E-state index contributed by atoms with van der Waals surface area (Å²) in [5, 5.41) is 11.6. The first kappa shape index (κ1) is 19.3. The Labute approximate surface area is 157 Å². The van der Waals surface area contributed by atoms with E-state index in [4.69, 9.17) is 9.05 Å². The predicted molar refractivity (Wildman–Crippen MR) is 107 cm³/mol. The average molecular weight is 390 g/mol. The van der Waals surface area contributed by atoms with Crippen molar-refractivity contribution in [2.45, 2.75) is 26.1 Å². The molecule has 138 valence electrons. The number of hydrogen-bond acceptors (Lipinski definition) is 5. The second-order valence-electron chi connectivity index (χ2n) is 5.92. The van der Waals surface area contributed by atoms with Gasteiger partial charge in [-0.2, -0.15) is 0 Å². The van der Waals surface area contributed by atoms with Crippen molar-refractivity contribution in [1.82, 2.24) is 0 Å². The van der Waals surface area contributed by atoms with E-state index in [1.54, 1.807) is 31.3 Å². The maximum atomic E-state index is 12.8. The summed E-state index contributed by atoms with van der Waals surface area (Å²) in [4.78, 5) is 1.25. The van der Waals surface area contributed by atoms with Gasteiger partial charge in [-0.3, -0.25) is 4.57 Å². The molecule has 0 radical (unpaired) electrons. The van der Waals surface area contributed by atoms with Crippen LogP contribution in [-0.2, 0) is 20.0 Å². The second kappa shape index (κ2) is 8.47. The molecule has 0 aliphatic rings. The van der Waals surface area contributed by atoms with Gasteiger partial charge in [0.2, 0.25) is 0 Å². The molecular formula is C20H23O4PS. The number of fused-ring (bicyclic) bond motifs is 1. The zero-order valence-corrected chi connectivity index (χ0v) is 16.6. The SMILES string of the molecule is CCOP(=O)(OCC)C(O)c1ccc2sc(Cc3ccccc3)cc2c1. The standard InChI is InChI=1S/C20H23O4PS/c1-3-23-25(22,24-4-2)20(21)16-10-11-19-17(13-16)14-18(26-19)12-15-8-6-5-7-9-15/h5-11,13-14,20-21H,3-4,12H2,1-2H3. The van der Waals surface area contributed by atoms with E-state index < -0.39 is 13.4 Å². The van der Waals surface area contributed by atoms with Crippen molar-refractivity contribution in [2.75, 3.05) is 13.2 Å². The third kappa shape index (κ3) is 4.25. The molecule has 3 aromatic rings. The third-order valence-corrected chi connectivity index (χ3v) is 7.28. The maximum Gasteiger partial charge on any atom is 0.363 e. The second-order valence-corrected chi connectivity index (χ2v) is 9.17. The van der Waals surface area contributed by atoms with Crippen LogP contribution in [0.25, 0.3) is 10.1 Å². The number of aliphatic hydroxyl groups excluding tert-OH is 1. The van der Waals surface area contributed by atoms with Gasteiger partial charge in [0, 0.05) is 16.0 Å². The van der Waals surface area contributed by atoms with E-state index in [-0.39, 0.29) is 13.2 Å². The van der Waals surface area contributed by atoms with Gasteiger partial charge in [0.25, 0.3) is 0 Å². The molecule has 3 rings (SSSR count). The molecule has 1 aromatic heterocycles. The summed E-state index contributed by atoms with van der Waals surface area (Å²) < 4.78 is 24.5. The number of thiophene rings is 1. The third-order valence-electron chi connectivity index (χ3n) is 4.03. The Morgan fingerprint density at radius 1 is 1.04 bits per heavy atom. The van der Waals surface area contributed by atoms with Crippen molar-refractivity contribution < 1.29 is 18.7 Å². The smallest absolute Gasteiger partial charge is 0.363 e. The van der Waals surface area contributed by atoms with Crippen LogP contribution in [0.15, 0.2) is 54.6 Å². The number of aliphatic hydroxyl groups is 1. The van der Waals surface area contributed by atoms with E-state index >= 15 is 0 Å². The van der Waals surface area contributed by atoms with Crippen molar-refractivity contribution in [2.24, 2.45) is 0 Å². The molecule has 4 nitrogen and oxygen atoms in total. The molecule has 0 amide bonds. The fourth-order valence-electron chi connectivity index (χ4n) is 2.88. The monoisotopic (exact) mass is 390 g/mol. The van der Waals surface area contributed by atoms with Crippen LogP contribution in [0.2, 0.25) is 0 Å². The van der Waals surface area contributed by atoms with Crippen LogP contribution < -0.4 is 0 Å². The lowest BCUT2D eigenvalue weighted by atomic mass is 10.1. The molecule has 1 unspecified atom stereocenters. The van der Waals surface area contributed by atoms with Gasteiger partial charge in [-0.1, -0.05) is 36.4 Å². The molecule has 0 fully saturated rings. The van der Waals surface area contributed by atoms with Gasteiger partial charge in [0.05, 0.1) is 13.2 Å². The van der Waals surface area contributed by atoms with Crippen LogP contribution in [0.1, 0.15) is 35.7 Å². The first-order valence-electron chi connectivity index (χ1n) is 8.69. The minimum Gasteiger partial charge on any atom is -0.376 e. The molecule has 1 atom stereocenters. The van der Waals surface area contributed by atoms with Gasteiger partial charge in [-0.25, -0.2) is 0 Å². The highest BCUT2D eigenvalue weighted by atomic mass is 32.1. The van der Waals surface area contributed by atoms with Gasteiger partial charge in [-0.05, 0) is 48.6 Å². The van der Waals surface area contributed by atoms with Crippen LogP contribution in [0.4, 0.5) is 0 Å². The molecule has 26 heavy (non-hydrogen) atoms.